The first-order chi connectivity index (χ1) is 14.0. The van der Waals surface area contributed by atoms with Crippen molar-refractivity contribution in [1.29, 1.82) is 0 Å². The zero-order chi connectivity index (χ0) is 20.6. The molecule has 2 aromatic carbocycles. The van der Waals surface area contributed by atoms with Crippen LogP contribution in [0.25, 0.3) is 11.3 Å². The fraction of sp³-hybridized carbons (Fsp3) is 0.286. The normalized spacial score (nSPS) is 11.8. The Balaban J connectivity index is 1.55. The Morgan fingerprint density at radius 2 is 1.90 bits per heavy atom. The highest BCUT2D eigenvalue weighted by Gasteiger charge is 2.25. The number of nitrogens with one attached hydrogen (secondary N) is 1. The van der Waals surface area contributed by atoms with Gasteiger partial charge in [0, 0.05) is 12.0 Å². The molecule has 0 unspecified atom stereocenters. The van der Waals surface area contributed by atoms with Gasteiger partial charge in [0.2, 0.25) is 5.91 Å². The first-order valence-electron chi connectivity index (χ1n) is 9.74. The van der Waals surface area contributed by atoms with Gasteiger partial charge in [-0.05, 0) is 24.0 Å². The second kappa shape index (κ2) is 10.00. The zero-order valence-corrected chi connectivity index (χ0v) is 16.4. The first kappa shape index (κ1) is 20.8. The Labute approximate surface area is 170 Å². The summed E-state index contributed by atoms with van der Waals surface area (Å²) in [6, 6.07) is 17.6. The third-order valence-electron chi connectivity index (χ3n) is 4.74. The van der Waals surface area contributed by atoms with E-state index in [0.717, 1.165) is 23.2 Å². The molecule has 1 heterocycles. The molecule has 0 radical (unpaired) electrons. The molecule has 1 atom stereocenters. The quantitative estimate of drug-likeness (QED) is 0.481. The van der Waals surface area contributed by atoms with Gasteiger partial charge in [0.1, 0.15) is 5.69 Å². The molecule has 0 aliphatic carbocycles. The van der Waals surface area contributed by atoms with Crippen LogP contribution in [0, 0.1) is 0 Å². The van der Waals surface area contributed by atoms with Crippen molar-refractivity contribution >= 4 is 13.0 Å². The van der Waals surface area contributed by atoms with Crippen LogP contribution in [0.15, 0.2) is 60.8 Å². The Morgan fingerprint density at radius 3 is 2.62 bits per heavy atom. The number of carbonyl (C=O) groups excluding carboxylic acids is 1. The summed E-state index contributed by atoms with van der Waals surface area (Å²) in [6.07, 6.45) is 3.20. The maximum absolute atomic E-state index is 12.3. The van der Waals surface area contributed by atoms with Gasteiger partial charge in [0.15, 0.2) is 0 Å². The third-order valence-corrected chi connectivity index (χ3v) is 4.74. The molecule has 0 spiro atoms. The Bertz CT molecular complexity index is 930. The average molecular weight is 392 g/mol. The van der Waals surface area contributed by atoms with E-state index in [1.54, 1.807) is 10.9 Å². The van der Waals surface area contributed by atoms with Gasteiger partial charge >= 0.3 is 7.12 Å². The van der Waals surface area contributed by atoms with Crippen molar-refractivity contribution in [3.63, 3.8) is 0 Å². The van der Waals surface area contributed by atoms with Gasteiger partial charge in [-0.3, -0.25) is 9.48 Å². The fourth-order valence-corrected chi connectivity index (χ4v) is 3.11. The minimum atomic E-state index is -1.64. The van der Waals surface area contributed by atoms with Crippen LogP contribution >= 0.6 is 0 Å². The predicted molar refractivity (Wildman–Crippen MR) is 112 cm³/mol. The topological polar surface area (TPSA) is 100 Å². The number of nitrogens with zero attached hydrogens (tertiary/aromatic N) is 3. The molecule has 3 N–H and O–H groups in total. The van der Waals surface area contributed by atoms with Gasteiger partial charge < -0.3 is 15.4 Å². The van der Waals surface area contributed by atoms with Crippen molar-refractivity contribution in [3.8, 4) is 11.3 Å². The number of carbonyl (C=O) groups is 1. The molecular formula is C21H25BN4O3. The van der Waals surface area contributed by atoms with Crippen molar-refractivity contribution in [3.05, 3.63) is 71.9 Å². The van der Waals surface area contributed by atoms with E-state index >= 15 is 0 Å². The molecule has 3 rings (SSSR count). The van der Waals surface area contributed by atoms with Crippen LogP contribution in [0.1, 0.15) is 24.5 Å². The second-order valence-corrected chi connectivity index (χ2v) is 6.95. The van der Waals surface area contributed by atoms with E-state index in [1.165, 1.54) is 5.56 Å². The van der Waals surface area contributed by atoms with Crippen LogP contribution < -0.4 is 5.32 Å². The third kappa shape index (κ3) is 6.00. The smallest absolute Gasteiger partial charge is 0.426 e. The molecule has 0 bridgehead atoms. The van der Waals surface area contributed by atoms with Crippen molar-refractivity contribution < 1.29 is 14.8 Å². The van der Waals surface area contributed by atoms with Crippen LogP contribution in [0.2, 0.25) is 0 Å². The number of benzene rings is 2. The summed E-state index contributed by atoms with van der Waals surface area (Å²) in [5.41, 5.74) is 3.82. The molecule has 1 aromatic heterocycles. The van der Waals surface area contributed by atoms with Crippen LogP contribution in [0.5, 0.6) is 0 Å². The highest BCUT2D eigenvalue weighted by Crippen LogP contribution is 2.15. The van der Waals surface area contributed by atoms with Gasteiger partial charge in [-0.2, -0.15) is 0 Å². The van der Waals surface area contributed by atoms with Crippen molar-refractivity contribution in [2.75, 3.05) is 0 Å². The molecule has 1 amide bonds. The summed E-state index contributed by atoms with van der Waals surface area (Å²) in [5, 5.41) is 30.2. The standard InChI is InChI=1S/C21H25BN4O3/c1-2-16-7-6-8-17(13-16)14-20(22(28)29)23-21(27)11-12-26-15-19(24-25-26)18-9-4-3-5-10-18/h3-10,13,15,20,28-29H,2,11-12,14H2,1H3,(H,23,27)/t20-/m0/s1. The van der Waals surface area contributed by atoms with E-state index in [4.69, 9.17) is 0 Å². The number of amides is 1. The van der Waals surface area contributed by atoms with Crippen LogP contribution in [0.4, 0.5) is 0 Å². The van der Waals surface area contributed by atoms with Crippen molar-refractivity contribution in [1.82, 2.24) is 20.3 Å². The predicted octanol–water partition coefficient (Wildman–Crippen LogP) is 1.64. The van der Waals surface area contributed by atoms with E-state index in [9.17, 15) is 14.8 Å². The summed E-state index contributed by atoms with van der Waals surface area (Å²) >= 11 is 0. The first-order valence-corrected chi connectivity index (χ1v) is 9.74. The lowest BCUT2D eigenvalue weighted by Crippen LogP contribution is -2.48. The summed E-state index contributed by atoms with van der Waals surface area (Å²) in [6.45, 7) is 2.41. The molecule has 150 valence electrons. The highest BCUT2D eigenvalue weighted by molar-refractivity contribution is 6.43. The lowest BCUT2D eigenvalue weighted by Gasteiger charge is -2.18. The van der Waals surface area contributed by atoms with Crippen LogP contribution in [-0.4, -0.2) is 44.0 Å². The lowest BCUT2D eigenvalue weighted by molar-refractivity contribution is -0.121. The van der Waals surface area contributed by atoms with E-state index in [1.807, 2.05) is 54.6 Å². The molecule has 0 saturated heterocycles. The minimum absolute atomic E-state index is 0.163. The van der Waals surface area contributed by atoms with Crippen molar-refractivity contribution in [2.45, 2.75) is 38.7 Å². The lowest BCUT2D eigenvalue weighted by atomic mass is 9.75. The number of aromatic nitrogens is 3. The molecule has 7 nitrogen and oxygen atoms in total. The number of rotatable bonds is 9. The van der Waals surface area contributed by atoms with Gasteiger partial charge in [-0.15, -0.1) is 5.10 Å². The molecule has 29 heavy (non-hydrogen) atoms. The van der Waals surface area contributed by atoms with Crippen molar-refractivity contribution in [2.24, 2.45) is 0 Å². The Morgan fingerprint density at radius 1 is 1.14 bits per heavy atom. The van der Waals surface area contributed by atoms with Crippen LogP contribution in [-0.2, 0) is 24.2 Å². The Hall–Kier alpha value is -2.97. The van der Waals surface area contributed by atoms with E-state index < -0.39 is 13.1 Å². The fourth-order valence-electron chi connectivity index (χ4n) is 3.11. The molecule has 0 aliphatic rings. The average Bonchev–Trinajstić information content (AvgIpc) is 3.21. The largest absolute Gasteiger partial charge is 0.475 e. The summed E-state index contributed by atoms with van der Waals surface area (Å²) < 4.78 is 1.61. The molecule has 3 aromatic rings. The zero-order valence-electron chi connectivity index (χ0n) is 16.4. The molecule has 0 saturated carbocycles. The van der Waals surface area contributed by atoms with E-state index in [-0.39, 0.29) is 12.3 Å². The number of hydrogen-bond donors (Lipinski definition) is 3. The molecular weight excluding hydrogens is 367 g/mol. The maximum atomic E-state index is 12.3. The Kier molecular flexibility index (Phi) is 7.16. The van der Waals surface area contributed by atoms with E-state index in [2.05, 4.69) is 22.6 Å². The summed E-state index contributed by atoms with van der Waals surface area (Å²) in [4.78, 5) is 12.3. The van der Waals surface area contributed by atoms with Gasteiger partial charge in [0.05, 0.1) is 18.7 Å². The SMILES string of the molecule is CCc1cccc(C[C@H](NC(=O)CCn2cc(-c3ccccc3)nn2)B(O)O)c1. The molecule has 0 aliphatic heterocycles. The van der Waals surface area contributed by atoms with Gasteiger partial charge in [-0.1, -0.05) is 66.7 Å². The second-order valence-electron chi connectivity index (χ2n) is 6.95. The molecule has 8 heteroatoms. The van der Waals surface area contributed by atoms with Gasteiger partial charge in [0.25, 0.3) is 0 Å². The highest BCUT2D eigenvalue weighted by atomic mass is 16.4. The summed E-state index contributed by atoms with van der Waals surface area (Å²) in [7, 11) is -1.64. The minimum Gasteiger partial charge on any atom is -0.426 e. The number of hydrogen-bond acceptors (Lipinski definition) is 5. The monoisotopic (exact) mass is 392 g/mol. The van der Waals surface area contributed by atoms with E-state index in [0.29, 0.717) is 13.0 Å². The maximum Gasteiger partial charge on any atom is 0.475 e. The number of aryl methyl sites for hydroxylation is 2. The van der Waals surface area contributed by atoms with Gasteiger partial charge in [-0.25, -0.2) is 0 Å². The van der Waals surface area contributed by atoms with Crippen LogP contribution in [0.3, 0.4) is 0 Å². The molecule has 0 fully saturated rings. The summed E-state index contributed by atoms with van der Waals surface area (Å²) in [5.74, 6) is -1.04.